The van der Waals surface area contributed by atoms with E-state index in [1.807, 2.05) is 36.3 Å². The summed E-state index contributed by atoms with van der Waals surface area (Å²) in [6, 6.07) is 14.6. The van der Waals surface area contributed by atoms with Gasteiger partial charge in [0.15, 0.2) is 0 Å². The Hall–Kier alpha value is -2.69. The van der Waals surface area contributed by atoms with Crippen LogP contribution in [0, 0.1) is 0 Å². The van der Waals surface area contributed by atoms with Gasteiger partial charge in [0, 0.05) is 50.6 Å². The Bertz CT molecular complexity index is 819. The lowest BCUT2D eigenvalue weighted by atomic mass is 9.93. The molecule has 2 aromatic heterocycles. The molecule has 1 saturated heterocycles. The molecule has 3 aromatic rings. The molecule has 3 heterocycles. The van der Waals surface area contributed by atoms with Gasteiger partial charge < -0.3 is 4.90 Å². The van der Waals surface area contributed by atoms with Crippen molar-refractivity contribution in [3.05, 3.63) is 71.9 Å². The van der Waals surface area contributed by atoms with E-state index in [-0.39, 0.29) is 0 Å². The molecule has 0 unspecified atom stereocenters. The molecule has 0 amide bonds. The van der Waals surface area contributed by atoms with E-state index in [0.717, 1.165) is 44.0 Å². The van der Waals surface area contributed by atoms with Gasteiger partial charge in [-0.15, -0.1) is 0 Å². The minimum absolute atomic E-state index is 0.592. The summed E-state index contributed by atoms with van der Waals surface area (Å²) in [5.41, 5.74) is 2.58. The molecule has 0 atom stereocenters. The lowest BCUT2D eigenvalue weighted by Gasteiger charge is -2.32. The molecule has 1 aliphatic rings. The summed E-state index contributed by atoms with van der Waals surface area (Å²) in [5, 5.41) is 4.30. The van der Waals surface area contributed by atoms with E-state index in [0.29, 0.717) is 5.92 Å². The summed E-state index contributed by atoms with van der Waals surface area (Å²) in [4.78, 5) is 11.6. The standard InChI is InChI=1S/C20H23N5/c1-24-18(7-12-22-24)17-9-13-25(14-10-17)20-8-11-21-19(23-20)15-16-5-3-2-4-6-16/h2-8,11-12,17H,9-10,13-15H2,1H3. The second kappa shape index (κ2) is 7.05. The zero-order valence-corrected chi connectivity index (χ0v) is 14.5. The van der Waals surface area contributed by atoms with Gasteiger partial charge >= 0.3 is 0 Å². The monoisotopic (exact) mass is 333 g/mol. The van der Waals surface area contributed by atoms with Gasteiger partial charge in [0.2, 0.25) is 0 Å². The number of rotatable bonds is 4. The van der Waals surface area contributed by atoms with Crippen LogP contribution in [0.15, 0.2) is 54.9 Å². The van der Waals surface area contributed by atoms with Crippen molar-refractivity contribution < 1.29 is 0 Å². The molecule has 128 valence electrons. The first-order chi connectivity index (χ1) is 12.3. The van der Waals surface area contributed by atoms with E-state index >= 15 is 0 Å². The van der Waals surface area contributed by atoms with Crippen molar-refractivity contribution in [3.63, 3.8) is 0 Å². The Morgan fingerprint density at radius 2 is 1.80 bits per heavy atom. The van der Waals surface area contributed by atoms with Crippen LogP contribution in [0.2, 0.25) is 0 Å². The number of hydrogen-bond donors (Lipinski definition) is 0. The van der Waals surface area contributed by atoms with Gasteiger partial charge in [-0.05, 0) is 30.5 Å². The van der Waals surface area contributed by atoms with Gasteiger partial charge in [0.1, 0.15) is 11.6 Å². The Balaban J connectivity index is 1.43. The number of aromatic nitrogens is 4. The van der Waals surface area contributed by atoms with E-state index in [1.54, 1.807) is 0 Å². The van der Waals surface area contributed by atoms with Gasteiger partial charge in [-0.25, -0.2) is 9.97 Å². The number of piperidine rings is 1. The van der Waals surface area contributed by atoms with Crippen LogP contribution in [0.5, 0.6) is 0 Å². The van der Waals surface area contributed by atoms with Crippen LogP contribution < -0.4 is 4.90 Å². The Morgan fingerprint density at radius 3 is 2.52 bits per heavy atom. The molecule has 4 rings (SSSR count). The predicted octanol–water partition coefficient (Wildman–Crippen LogP) is 3.18. The van der Waals surface area contributed by atoms with Crippen LogP contribution in [0.1, 0.15) is 35.8 Å². The van der Waals surface area contributed by atoms with Crippen LogP contribution in [0.3, 0.4) is 0 Å². The fraction of sp³-hybridized carbons (Fsp3) is 0.350. The quantitative estimate of drug-likeness (QED) is 0.736. The lowest BCUT2D eigenvalue weighted by molar-refractivity contribution is 0.475. The summed E-state index contributed by atoms with van der Waals surface area (Å²) >= 11 is 0. The van der Waals surface area contributed by atoms with Crippen molar-refractivity contribution in [1.82, 2.24) is 19.7 Å². The molecule has 5 nitrogen and oxygen atoms in total. The molecule has 25 heavy (non-hydrogen) atoms. The molecule has 5 heteroatoms. The van der Waals surface area contributed by atoms with Crippen molar-refractivity contribution in [3.8, 4) is 0 Å². The molecule has 1 aliphatic heterocycles. The molecule has 1 aromatic carbocycles. The van der Waals surface area contributed by atoms with Gasteiger partial charge in [0.05, 0.1) is 0 Å². The molecule has 0 N–H and O–H groups in total. The third-order valence-corrected chi connectivity index (χ3v) is 4.99. The average molecular weight is 333 g/mol. The number of hydrogen-bond acceptors (Lipinski definition) is 4. The topological polar surface area (TPSA) is 46.8 Å². The van der Waals surface area contributed by atoms with Crippen LogP contribution in [0.25, 0.3) is 0 Å². The van der Waals surface area contributed by atoms with E-state index in [1.165, 1.54) is 11.3 Å². The fourth-order valence-electron chi connectivity index (χ4n) is 3.62. The fourth-order valence-corrected chi connectivity index (χ4v) is 3.62. The third-order valence-electron chi connectivity index (χ3n) is 4.99. The third kappa shape index (κ3) is 3.55. The highest BCUT2D eigenvalue weighted by atomic mass is 15.3. The average Bonchev–Trinajstić information content (AvgIpc) is 3.09. The smallest absolute Gasteiger partial charge is 0.135 e. The zero-order valence-electron chi connectivity index (χ0n) is 14.5. The minimum atomic E-state index is 0.592. The van der Waals surface area contributed by atoms with E-state index in [4.69, 9.17) is 4.98 Å². The SMILES string of the molecule is Cn1nccc1C1CCN(c2ccnc(Cc3ccccc3)n2)CC1. The summed E-state index contributed by atoms with van der Waals surface area (Å²) in [6.07, 6.45) is 6.82. The van der Waals surface area contributed by atoms with Crippen LogP contribution in [-0.4, -0.2) is 32.8 Å². The van der Waals surface area contributed by atoms with E-state index in [9.17, 15) is 0 Å². The first-order valence-corrected chi connectivity index (χ1v) is 8.88. The predicted molar refractivity (Wildman–Crippen MR) is 98.7 cm³/mol. The van der Waals surface area contributed by atoms with Crippen LogP contribution in [-0.2, 0) is 13.5 Å². The van der Waals surface area contributed by atoms with E-state index < -0.39 is 0 Å². The molecule has 0 saturated carbocycles. The number of nitrogens with zero attached hydrogens (tertiary/aromatic N) is 5. The van der Waals surface area contributed by atoms with E-state index in [2.05, 4.69) is 45.3 Å². The number of aryl methyl sites for hydroxylation is 1. The van der Waals surface area contributed by atoms with Crippen molar-refractivity contribution in [2.24, 2.45) is 7.05 Å². The second-order valence-corrected chi connectivity index (χ2v) is 6.63. The first kappa shape index (κ1) is 15.8. The summed E-state index contributed by atoms with van der Waals surface area (Å²) in [6.45, 7) is 2.05. The lowest BCUT2D eigenvalue weighted by Crippen LogP contribution is -2.34. The number of benzene rings is 1. The van der Waals surface area contributed by atoms with Gasteiger partial charge in [0.25, 0.3) is 0 Å². The molecule has 0 spiro atoms. The Labute approximate surface area is 148 Å². The molecule has 0 aliphatic carbocycles. The molecule has 0 bridgehead atoms. The van der Waals surface area contributed by atoms with Gasteiger partial charge in [-0.3, -0.25) is 4.68 Å². The van der Waals surface area contributed by atoms with Crippen molar-refractivity contribution in [2.45, 2.75) is 25.2 Å². The Morgan fingerprint density at radius 1 is 1.00 bits per heavy atom. The highest BCUT2D eigenvalue weighted by Crippen LogP contribution is 2.29. The van der Waals surface area contributed by atoms with Crippen molar-refractivity contribution >= 4 is 5.82 Å². The van der Waals surface area contributed by atoms with Gasteiger partial charge in [-0.2, -0.15) is 5.10 Å². The maximum absolute atomic E-state index is 4.79. The molecule has 1 fully saturated rings. The van der Waals surface area contributed by atoms with Crippen molar-refractivity contribution in [2.75, 3.05) is 18.0 Å². The maximum Gasteiger partial charge on any atom is 0.135 e. The highest BCUT2D eigenvalue weighted by Gasteiger charge is 2.23. The van der Waals surface area contributed by atoms with Crippen molar-refractivity contribution in [1.29, 1.82) is 0 Å². The molecular formula is C20H23N5. The largest absolute Gasteiger partial charge is 0.356 e. The van der Waals surface area contributed by atoms with Gasteiger partial charge in [-0.1, -0.05) is 30.3 Å². The summed E-state index contributed by atoms with van der Waals surface area (Å²) in [7, 11) is 2.03. The Kier molecular flexibility index (Phi) is 4.46. The number of anilines is 1. The second-order valence-electron chi connectivity index (χ2n) is 6.63. The summed E-state index contributed by atoms with van der Waals surface area (Å²) < 4.78 is 2.00. The van der Waals surface area contributed by atoms with Crippen LogP contribution in [0.4, 0.5) is 5.82 Å². The molecular weight excluding hydrogens is 310 g/mol. The van der Waals surface area contributed by atoms with Crippen LogP contribution >= 0.6 is 0 Å². The minimum Gasteiger partial charge on any atom is -0.356 e. The summed E-state index contributed by atoms with van der Waals surface area (Å²) in [5.74, 6) is 2.52. The highest BCUT2D eigenvalue weighted by molar-refractivity contribution is 5.39. The maximum atomic E-state index is 4.79. The zero-order chi connectivity index (χ0) is 17.1. The first-order valence-electron chi connectivity index (χ1n) is 8.88. The molecule has 0 radical (unpaired) electrons. The normalized spacial score (nSPS) is 15.5.